The molecule has 0 N–H and O–H groups in total. The van der Waals surface area contributed by atoms with E-state index < -0.39 is 5.60 Å². The van der Waals surface area contributed by atoms with Gasteiger partial charge in [-0.1, -0.05) is 95.9 Å². The van der Waals surface area contributed by atoms with Crippen LogP contribution in [0.2, 0.25) is 0 Å². The predicted molar refractivity (Wildman–Crippen MR) is 238 cm³/mol. The molecule has 0 radical (unpaired) electrons. The average Bonchev–Trinajstić information content (AvgIpc) is 3.61. The molecule has 6 aliphatic rings. The van der Waals surface area contributed by atoms with Gasteiger partial charge in [-0.25, -0.2) is 0 Å². The van der Waals surface area contributed by atoms with Crippen molar-refractivity contribution in [1.82, 2.24) is 0 Å². The molecule has 1 heterocycles. The molecule has 0 aromatic rings. The number of carbonyl (C=O) groups excluding carboxylic acids is 1. The summed E-state index contributed by atoms with van der Waals surface area (Å²) in [6.45, 7) is 30.7. The SMILES string of the molecule is C=C=C=C=C=C=C=C=C=C=C=C=C=C=C1CC2(CCC(=C)O2)C2(C)CCC3C(C(=C=C=C=C=C=C)C(=C=C=C=C=C)C4=CC(=O)CCC43C)C12.CC1CC1C.CCC(C)C. The van der Waals surface area contributed by atoms with E-state index in [1.54, 1.807) is 6.08 Å². The number of fused-ring (bicyclic) bond motifs is 6. The third-order valence-electron chi connectivity index (χ3n) is 13.0. The fraction of sp³-hybridized carbons (Fsp3) is 0.431. The number of ketones is 1. The zero-order valence-electron chi connectivity index (χ0n) is 36.6. The maximum Gasteiger partial charge on any atom is 0.156 e. The van der Waals surface area contributed by atoms with Crippen LogP contribution in [0.25, 0.3) is 0 Å². The molecule has 1 aliphatic heterocycles. The zero-order valence-corrected chi connectivity index (χ0v) is 36.6. The molecule has 8 unspecified atom stereocenters. The van der Waals surface area contributed by atoms with Crippen LogP contribution in [0, 0.1) is 46.3 Å². The Labute approximate surface area is 358 Å². The Hall–Kier alpha value is -6.67. The van der Waals surface area contributed by atoms with Crippen molar-refractivity contribution in [1.29, 1.82) is 0 Å². The second-order valence-corrected chi connectivity index (χ2v) is 17.0. The normalized spacial score (nSPS) is 28.6. The molecule has 2 heteroatoms. The lowest BCUT2D eigenvalue weighted by atomic mass is 9.44. The standard InChI is InChI=1S/C48H32O2.C5H10.C5H12/c1-7-10-13-15-16-17-18-19-20-21-22-24-26-38-36-48(34-29-37(4)50-48)47(6)33-31-42-44(45(38)47)41(28-25-14-11-8-2)40(27-23-12-9-3)43-35-39(49)30-32-46(42,43)5;1-4-3-5(4)2;1-4-5(2)3/h35,42,44-45H,1-4,29-34,36H2,5-6H3;4-5H,3H2,1-2H3;5H,4H2,1-3H3. The van der Waals surface area contributed by atoms with Gasteiger partial charge in [0, 0.05) is 47.7 Å². The summed E-state index contributed by atoms with van der Waals surface area (Å²) in [4.78, 5) is 12.9. The summed E-state index contributed by atoms with van der Waals surface area (Å²) in [6.07, 6.45) is 10.0. The van der Waals surface area contributed by atoms with E-state index in [1.165, 1.54) is 12.8 Å². The van der Waals surface area contributed by atoms with Crippen molar-refractivity contribution in [2.45, 2.75) is 112 Å². The maximum absolute atomic E-state index is 12.9. The number of hydrogen-bond acceptors (Lipinski definition) is 2. The average molecular weight is 783 g/mol. The fourth-order valence-electron chi connectivity index (χ4n) is 9.11. The first kappa shape index (κ1) is 46.0. The predicted octanol–water partition coefficient (Wildman–Crippen LogP) is 13.2. The largest absolute Gasteiger partial charge is 0.491 e. The van der Waals surface area contributed by atoms with Gasteiger partial charge in [0.25, 0.3) is 0 Å². The first-order valence-corrected chi connectivity index (χ1v) is 20.9. The molecule has 1 saturated heterocycles. The first-order chi connectivity index (χ1) is 28.8. The van der Waals surface area contributed by atoms with Crippen LogP contribution in [0.1, 0.15) is 106 Å². The van der Waals surface area contributed by atoms with Crippen LogP contribution in [0.5, 0.6) is 0 Å². The van der Waals surface area contributed by atoms with E-state index in [0.717, 1.165) is 77.9 Å². The molecule has 8 atom stereocenters. The molecule has 60 heavy (non-hydrogen) atoms. The summed E-state index contributed by atoms with van der Waals surface area (Å²) in [7, 11) is 0. The molecule has 0 aromatic heterocycles. The van der Waals surface area contributed by atoms with Gasteiger partial charge in [-0.3, -0.25) is 4.79 Å². The molecule has 4 saturated carbocycles. The van der Waals surface area contributed by atoms with Crippen LogP contribution in [-0.2, 0) is 9.53 Å². The van der Waals surface area contributed by atoms with E-state index in [-0.39, 0.29) is 34.4 Å². The van der Waals surface area contributed by atoms with Gasteiger partial charge in [0.2, 0.25) is 0 Å². The summed E-state index contributed by atoms with van der Waals surface area (Å²) in [5.41, 5.74) is 64.4. The summed E-state index contributed by atoms with van der Waals surface area (Å²) < 4.78 is 6.72. The first-order valence-electron chi connectivity index (χ1n) is 20.9. The second kappa shape index (κ2) is 21.4. The molecule has 6 rings (SSSR count). The third kappa shape index (κ3) is 10.9. The second-order valence-electron chi connectivity index (χ2n) is 17.0. The summed E-state index contributed by atoms with van der Waals surface area (Å²) in [6, 6.07) is 0. The van der Waals surface area contributed by atoms with Crippen LogP contribution in [0.4, 0.5) is 0 Å². The van der Waals surface area contributed by atoms with Gasteiger partial charge in [-0.05, 0) is 190 Å². The third-order valence-corrected chi connectivity index (χ3v) is 13.0. The van der Waals surface area contributed by atoms with Crippen LogP contribution < -0.4 is 0 Å². The number of rotatable bonds is 1. The van der Waals surface area contributed by atoms with E-state index in [0.29, 0.717) is 12.8 Å². The van der Waals surface area contributed by atoms with E-state index in [1.807, 2.05) is 0 Å². The van der Waals surface area contributed by atoms with Gasteiger partial charge in [-0.15, -0.1) is 0 Å². The Bertz CT molecular complexity index is 2750. The highest BCUT2D eigenvalue weighted by Gasteiger charge is 2.69. The van der Waals surface area contributed by atoms with Crippen LogP contribution >= 0.6 is 0 Å². The van der Waals surface area contributed by atoms with E-state index in [4.69, 9.17) is 4.74 Å². The van der Waals surface area contributed by atoms with Gasteiger partial charge in [0.15, 0.2) is 5.78 Å². The molecule has 2 nitrogen and oxygen atoms in total. The highest BCUT2D eigenvalue weighted by atomic mass is 16.5. The lowest BCUT2D eigenvalue weighted by Crippen LogP contribution is -2.55. The van der Waals surface area contributed by atoms with Gasteiger partial charge in [0.05, 0.1) is 5.76 Å². The van der Waals surface area contributed by atoms with Gasteiger partial charge in [-0.2, -0.15) is 0 Å². The van der Waals surface area contributed by atoms with Gasteiger partial charge >= 0.3 is 0 Å². The maximum atomic E-state index is 12.9. The zero-order chi connectivity index (χ0) is 43.8. The van der Waals surface area contributed by atoms with Crippen molar-refractivity contribution >= 4 is 5.78 Å². The van der Waals surface area contributed by atoms with Gasteiger partial charge < -0.3 is 4.74 Å². The van der Waals surface area contributed by atoms with Crippen molar-refractivity contribution in [3.8, 4) is 0 Å². The molecule has 1 spiro atoms. The van der Waals surface area contributed by atoms with Crippen molar-refractivity contribution in [2.24, 2.45) is 46.3 Å². The minimum atomic E-state index is -0.442. The van der Waals surface area contributed by atoms with Crippen LogP contribution in [-0.4, -0.2) is 11.4 Å². The van der Waals surface area contributed by atoms with E-state index in [9.17, 15) is 4.79 Å². The Morgan fingerprint density at radius 1 is 0.733 bits per heavy atom. The van der Waals surface area contributed by atoms with Crippen LogP contribution in [0.3, 0.4) is 0 Å². The number of ether oxygens (including phenoxy) is 1. The minimum absolute atomic E-state index is 0.0197. The highest BCUT2D eigenvalue weighted by Crippen LogP contribution is 2.72. The van der Waals surface area contributed by atoms with Crippen molar-refractivity contribution in [3.05, 3.63) is 187 Å². The number of carbonyl (C=O) groups is 1. The van der Waals surface area contributed by atoms with Gasteiger partial charge in [0.1, 0.15) is 5.60 Å². The molecule has 5 fully saturated rings. The minimum Gasteiger partial charge on any atom is -0.491 e. The Morgan fingerprint density at radius 2 is 1.23 bits per heavy atom. The van der Waals surface area contributed by atoms with Crippen molar-refractivity contribution in [3.63, 3.8) is 0 Å². The molecule has 0 bridgehead atoms. The Balaban J connectivity index is 0.000000701. The molecule has 5 aliphatic carbocycles. The monoisotopic (exact) mass is 782 g/mol. The van der Waals surface area contributed by atoms with E-state index in [2.05, 4.69) is 201 Å². The quantitative estimate of drug-likeness (QED) is 0.248. The van der Waals surface area contributed by atoms with Crippen molar-refractivity contribution < 1.29 is 9.53 Å². The summed E-state index contributed by atoms with van der Waals surface area (Å²) in [5.74, 6) is 4.00. The smallest absolute Gasteiger partial charge is 0.156 e. The topological polar surface area (TPSA) is 26.3 Å². The molecular weight excluding hydrogens is 729 g/mol. The molecule has 0 amide bonds. The molecule has 298 valence electrons. The van der Waals surface area contributed by atoms with Crippen molar-refractivity contribution in [2.75, 3.05) is 0 Å². The van der Waals surface area contributed by atoms with Crippen LogP contribution in [0.15, 0.2) is 187 Å². The summed E-state index contributed by atoms with van der Waals surface area (Å²) >= 11 is 0. The van der Waals surface area contributed by atoms with E-state index >= 15 is 0 Å². The number of hydrogen-bond donors (Lipinski definition) is 0. The Kier molecular flexibility index (Phi) is 16.4. The highest BCUT2D eigenvalue weighted by molar-refractivity contribution is 5.93. The lowest BCUT2D eigenvalue weighted by Gasteiger charge is -2.59. The molecular formula is C58H54O2. The Morgan fingerprint density at radius 3 is 1.75 bits per heavy atom. The molecule has 0 aromatic carbocycles. The number of allylic oxidation sites excluding steroid dienone is 4. The summed E-state index contributed by atoms with van der Waals surface area (Å²) in [5, 5.41) is 0. The lowest BCUT2D eigenvalue weighted by molar-refractivity contribution is -0.119. The fourth-order valence-corrected chi connectivity index (χ4v) is 9.11.